The summed E-state index contributed by atoms with van der Waals surface area (Å²) in [6, 6.07) is 11.6. The highest BCUT2D eigenvalue weighted by Crippen LogP contribution is 2.33. The molecule has 3 rings (SSSR count). The first kappa shape index (κ1) is 12.9. The lowest BCUT2D eigenvalue weighted by Gasteiger charge is -2.24. The van der Waals surface area contributed by atoms with Crippen molar-refractivity contribution in [1.82, 2.24) is 5.32 Å². The first-order valence-electron chi connectivity index (χ1n) is 7.19. The average molecular weight is 271 g/mol. The topological polar surface area (TPSA) is 12.0 Å². The van der Waals surface area contributed by atoms with Crippen LogP contribution in [0.15, 0.2) is 35.7 Å². The van der Waals surface area contributed by atoms with Gasteiger partial charge in [0.05, 0.1) is 0 Å². The molecule has 2 heteroatoms. The normalized spacial score (nSPS) is 18.3. The Labute approximate surface area is 119 Å². The fourth-order valence-electron chi connectivity index (χ4n) is 2.97. The summed E-state index contributed by atoms with van der Waals surface area (Å²) in [4.78, 5) is 1.60. The van der Waals surface area contributed by atoms with Gasteiger partial charge in [-0.2, -0.15) is 0 Å². The predicted octanol–water partition coefficient (Wildman–Crippen LogP) is 4.27. The fourth-order valence-corrected chi connectivity index (χ4v) is 3.96. The number of hydrogen-bond acceptors (Lipinski definition) is 2. The van der Waals surface area contributed by atoms with Crippen LogP contribution in [0, 0.1) is 6.92 Å². The summed E-state index contributed by atoms with van der Waals surface area (Å²) in [7, 11) is 0. The third-order valence-electron chi connectivity index (χ3n) is 4.10. The van der Waals surface area contributed by atoms with E-state index < -0.39 is 0 Å². The van der Waals surface area contributed by atoms with E-state index in [4.69, 9.17) is 0 Å². The van der Waals surface area contributed by atoms with Gasteiger partial charge in [0.25, 0.3) is 0 Å². The Morgan fingerprint density at radius 1 is 1.26 bits per heavy atom. The highest BCUT2D eigenvalue weighted by Gasteiger charge is 2.20. The number of benzene rings is 1. The van der Waals surface area contributed by atoms with Crippen molar-refractivity contribution in [2.75, 3.05) is 6.54 Å². The van der Waals surface area contributed by atoms with Gasteiger partial charge >= 0.3 is 0 Å². The van der Waals surface area contributed by atoms with Crippen LogP contribution in [-0.4, -0.2) is 6.54 Å². The van der Waals surface area contributed by atoms with Crippen LogP contribution in [0.25, 0.3) is 0 Å². The van der Waals surface area contributed by atoms with E-state index in [1.165, 1.54) is 30.4 Å². The van der Waals surface area contributed by atoms with Crippen LogP contribution in [0.5, 0.6) is 0 Å². The van der Waals surface area contributed by atoms with Crippen LogP contribution in [0.2, 0.25) is 0 Å². The predicted molar refractivity (Wildman–Crippen MR) is 82.9 cm³/mol. The van der Waals surface area contributed by atoms with Crippen molar-refractivity contribution in [1.29, 1.82) is 0 Å². The lowest BCUT2D eigenvalue weighted by molar-refractivity contribution is 0.467. The molecular formula is C17H21NS. The first-order valence-corrected chi connectivity index (χ1v) is 8.07. The van der Waals surface area contributed by atoms with Crippen LogP contribution in [0.1, 0.15) is 40.5 Å². The van der Waals surface area contributed by atoms with Crippen LogP contribution in [-0.2, 0) is 12.8 Å². The number of thiophene rings is 1. The summed E-state index contributed by atoms with van der Waals surface area (Å²) in [5, 5.41) is 5.99. The van der Waals surface area contributed by atoms with Gasteiger partial charge in [0.2, 0.25) is 0 Å². The van der Waals surface area contributed by atoms with Gasteiger partial charge in [-0.1, -0.05) is 24.3 Å². The van der Waals surface area contributed by atoms with E-state index in [0.29, 0.717) is 6.04 Å². The summed E-state index contributed by atoms with van der Waals surface area (Å²) in [6.07, 6.45) is 5.03. The maximum absolute atomic E-state index is 3.75. The van der Waals surface area contributed by atoms with E-state index in [-0.39, 0.29) is 0 Å². The van der Waals surface area contributed by atoms with Crippen molar-refractivity contribution < 1.29 is 0 Å². The quantitative estimate of drug-likeness (QED) is 0.876. The second kappa shape index (κ2) is 5.89. The molecule has 0 amide bonds. The molecule has 1 heterocycles. The summed E-state index contributed by atoms with van der Waals surface area (Å²) >= 11 is 1.92. The minimum absolute atomic E-state index is 0.582. The Hall–Kier alpha value is -1.12. The molecule has 1 aromatic heterocycles. The molecule has 1 nitrogen and oxygen atoms in total. The Balaban J connectivity index is 1.58. The fraction of sp³-hybridized carbons (Fsp3) is 0.412. The van der Waals surface area contributed by atoms with Gasteiger partial charge in [-0.05, 0) is 67.3 Å². The zero-order valence-corrected chi connectivity index (χ0v) is 12.3. The summed E-state index contributed by atoms with van der Waals surface area (Å²) < 4.78 is 0. The Morgan fingerprint density at radius 2 is 2.16 bits per heavy atom. The molecule has 1 aromatic carbocycles. The number of rotatable bonds is 4. The number of hydrogen-bond donors (Lipinski definition) is 1. The molecule has 0 bridgehead atoms. The maximum atomic E-state index is 3.75. The Morgan fingerprint density at radius 3 is 3.05 bits per heavy atom. The molecule has 100 valence electrons. The molecule has 0 saturated heterocycles. The lowest BCUT2D eigenvalue weighted by Crippen LogP contribution is -2.26. The van der Waals surface area contributed by atoms with Gasteiger partial charge in [0.15, 0.2) is 0 Å². The molecule has 1 unspecified atom stereocenters. The van der Waals surface area contributed by atoms with Crippen molar-refractivity contribution in [3.05, 3.63) is 57.3 Å². The maximum Gasteiger partial charge on any atom is 0.0331 e. The van der Waals surface area contributed by atoms with Gasteiger partial charge in [-0.15, -0.1) is 11.3 Å². The molecule has 0 aliphatic heterocycles. The molecule has 1 aliphatic carbocycles. The van der Waals surface area contributed by atoms with Crippen molar-refractivity contribution in [3.63, 3.8) is 0 Å². The van der Waals surface area contributed by atoms with E-state index in [1.807, 2.05) is 11.3 Å². The second-order valence-corrected chi connectivity index (χ2v) is 6.38. The average Bonchev–Trinajstić information content (AvgIpc) is 2.90. The monoisotopic (exact) mass is 271 g/mol. The van der Waals surface area contributed by atoms with Gasteiger partial charge < -0.3 is 5.32 Å². The highest BCUT2D eigenvalue weighted by atomic mass is 32.1. The zero-order valence-electron chi connectivity index (χ0n) is 11.5. The lowest BCUT2D eigenvalue weighted by atomic mass is 9.94. The van der Waals surface area contributed by atoms with E-state index in [2.05, 4.69) is 48.0 Å². The summed E-state index contributed by atoms with van der Waals surface area (Å²) in [5.74, 6) is 0. The molecule has 1 N–H and O–H groups in total. The number of aryl methyl sites for hydroxylation is 2. The van der Waals surface area contributed by atoms with Crippen molar-refractivity contribution in [3.8, 4) is 0 Å². The minimum Gasteiger partial charge on any atom is -0.310 e. The van der Waals surface area contributed by atoms with Gasteiger partial charge in [0, 0.05) is 10.9 Å². The summed E-state index contributed by atoms with van der Waals surface area (Å²) in [6.45, 7) is 3.28. The minimum atomic E-state index is 0.582. The number of nitrogens with one attached hydrogen (secondary N) is 1. The van der Waals surface area contributed by atoms with Crippen molar-refractivity contribution in [2.45, 2.75) is 38.6 Å². The van der Waals surface area contributed by atoms with Crippen LogP contribution in [0.4, 0.5) is 0 Å². The largest absolute Gasteiger partial charge is 0.310 e. The van der Waals surface area contributed by atoms with Crippen molar-refractivity contribution >= 4 is 11.3 Å². The van der Waals surface area contributed by atoms with Crippen molar-refractivity contribution in [2.24, 2.45) is 0 Å². The Kier molecular flexibility index (Phi) is 4.00. The Bertz CT molecular complexity index is 544. The molecule has 19 heavy (non-hydrogen) atoms. The SMILES string of the molecule is Cc1ccccc1CCNC1CCCc2sccc21. The molecule has 0 fully saturated rings. The van der Waals surface area contributed by atoms with Crippen LogP contribution in [0.3, 0.4) is 0 Å². The molecule has 1 atom stereocenters. The first-order chi connectivity index (χ1) is 9.34. The highest BCUT2D eigenvalue weighted by molar-refractivity contribution is 7.10. The molecule has 2 aromatic rings. The van der Waals surface area contributed by atoms with E-state index in [9.17, 15) is 0 Å². The van der Waals surface area contributed by atoms with Gasteiger partial charge in [0.1, 0.15) is 0 Å². The van der Waals surface area contributed by atoms with Crippen LogP contribution >= 0.6 is 11.3 Å². The van der Waals surface area contributed by atoms with Gasteiger partial charge in [-0.25, -0.2) is 0 Å². The van der Waals surface area contributed by atoms with E-state index >= 15 is 0 Å². The second-order valence-electron chi connectivity index (χ2n) is 5.37. The molecular weight excluding hydrogens is 250 g/mol. The zero-order chi connectivity index (χ0) is 13.1. The van der Waals surface area contributed by atoms with E-state index in [1.54, 1.807) is 10.4 Å². The summed E-state index contributed by atoms with van der Waals surface area (Å²) in [5.41, 5.74) is 4.43. The van der Waals surface area contributed by atoms with E-state index in [0.717, 1.165) is 13.0 Å². The standard InChI is InChI=1S/C17H21NS/c1-13-5-2-3-6-14(13)9-11-18-16-7-4-8-17-15(16)10-12-19-17/h2-3,5-6,10,12,16,18H,4,7-9,11H2,1H3. The molecule has 1 aliphatic rings. The molecule has 0 radical (unpaired) electrons. The third-order valence-corrected chi connectivity index (χ3v) is 5.09. The third kappa shape index (κ3) is 2.90. The van der Waals surface area contributed by atoms with Gasteiger partial charge in [-0.3, -0.25) is 0 Å². The van der Waals surface area contributed by atoms with Crippen LogP contribution < -0.4 is 5.32 Å². The molecule has 0 spiro atoms. The molecule has 0 saturated carbocycles. The number of fused-ring (bicyclic) bond motifs is 1. The smallest absolute Gasteiger partial charge is 0.0331 e.